The van der Waals surface area contributed by atoms with Crippen molar-refractivity contribution in [3.8, 4) is 5.75 Å². The van der Waals surface area contributed by atoms with Crippen LogP contribution in [0.15, 0.2) is 24.3 Å². The second kappa shape index (κ2) is 6.51. The zero-order valence-electron chi connectivity index (χ0n) is 10.2. The van der Waals surface area contributed by atoms with Crippen LogP contribution in [0.5, 0.6) is 5.75 Å². The Hall–Kier alpha value is -1.06. The van der Waals surface area contributed by atoms with E-state index >= 15 is 0 Å². The molecule has 90 valence electrons. The summed E-state index contributed by atoms with van der Waals surface area (Å²) in [4.78, 5) is 0. The maximum atomic E-state index is 9.49. The molecular weight excluding hydrogens is 202 g/mol. The standard InChI is InChI=1S/C13H21NO2/c1-4-11(15)9-14-10(2)12-7-5-6-8-13(12)16-3/h5-8,10-11,14-15H,4,9H2,1-3H3/t10-,11?/m0/s1. The number of methoxy groups -OCH3 is 1. The average Bonchev–Trinajstić information content (AvgIpc) is 2.35. The largest absolute Gasteiger partial charge is 0.496 e. The molecule has 0 aliphatic carbocycles. The molecule has 3 heteroatoms. The van der Waals surface area contributed by atoms with Crippen LogP contribution in [0, 0.1) is 0 Å². The maximum absolute atomic E-state index is 9.49. The van der Waals surface area contributed by atoms with Crippen LogP contribution in [-0.2, 0) is 0 Å². The SMILES string of the molecule is CCC(O)CN[C@@H](C)c1ccccc1OC. The number of ether oxygens (including phenoxy) is 1. The lowest BCUT2D eigenvalue weighted by atomic mass is 10.1. The van der Waals surface area contributed by atoms with E-state index < -0.39 is 0 Å². The van der Waals surface area contributed by atoms with Gasteiger partial charge in [-0.3, -0.25) is 0 Å². The summed E-state index contributed by atoms with van der Waals surface area (Å²) in [6.45, 7) is 4.65. The predicted molar refractivity (Wildman–Crippen MR) is 65.7 cm³/mol. The van der Waals surface area contributed by atoms with Gasteiger partial charge in [-0.15, -0.1) is 0 Å². The number of hydrogen-bond acceptors (Lipinski definition) is 3. The summed E-state index contributed by atoms with van der Waals surface area (Å²) in [6.07, 6.45) is 0.489. The fourth-order valence-electron chi connectivity index (χ4n) is 1.59. The molecule has 0 bridgehead atoms. The molecule has 0 heterocycles. The zero-order valence-corrected chi connectivity index (χ0v) is 10.2. The predicted octanol–water partition coefficient (Wildman–Crippen LogP) is 2.12. The highest BCUT2D eigenvalue weighted by Crippen LogP contribution is 2.24. The van der Waals surface area contributed by atoms with E-state index in [0.717, 1.165) is 17.7 Å². The highest BCUT2D eigenvalue weighted by Gasteiger charge is 2.11. The third-order valence-corrected chi connectivity index (χ3v) is 2.74. The summed E-state index contributed by atoms with van der Waals surface area (Å²) in [5.74, 6) is 0.883. The van der Waals surface area contributed by atoms with Crippen LogP contribution >= 0.6 is 0 Å². The molecule has 0 aromatic heterocycles. The lowest BCUT2D eigenvalue weighted by Crippen LogP contribution is -2.28. The summed E-state index contributed by atoms with van der Waals surface area (Å²) in [7, 11) is 1.67. The first-order valence-corrected chi connectivity index (χ1v) is 5.73. The van der Waals surface area contributed by atoms with Crippen LogP contribution in [0.4, 0.5) is 0 Å². The van der Waals surface area contributed by atoms with Crippen molar-refractivity contribution in [3.05, 3.63) is 29.8 Å². The maximum Gasteiger partial charge on any atom is 0.123 e. The summed E-state index contributed by atoms with van der Waals surface area (Å²) < 4.78 is 5.30. The molecule has 2 atom stereocenters. The first kappa shape index (κ1) is 13.0. The van der Waals surface area contributed by atoms with Gasteiger partial charge in [0.25, 0.3) is 0 Å². The third-order valence-electron chi connectivity index (χ3n) is 2.74. The molecule has 1 unspecified atom stereocenters. The fraction of sp³-hybridized carbons (Fsp3) is 0.538. The summed E-state index contributed by atoms with van der Waals surface area (Å²) in [5.41, 5.74) is 1.12. The molecule has 1 rings (SSSR count). The van der Waals surface area contributed by atoms with Crippen LogP contribution in [-0.4, -0.2) is 24.9 Å². The molecule has 3 nitrogen and oxygen atoms in total. The Morgan fingerprint density at radius 3 is 2.69 bits per heavy atom. The number of hydrogen-bond donors (Lipinski definition) is 2. The molecule has 16 heavy (non-hydrogen) atoms. The monoisotopic (exact) mass is 223 g/mol. The second-order valence-corrected chi connectivity index (χ2v) is 3.93. The van der Waals surface area contributed by atoms with E-state index in [9.17, 15) is 5.11 Å². The minimum Gasteiger partial charge on any atom is -0.496 e. The number of nitrogens with one attached hydrogen (secondary N) is 1. The van der Waals surface area contributed by atoms with Crippen molar-refractivity contribution in [2.75, 3.05) is 13.7 Å². The lowest BCUT2D eigenvalue weighted by molar-refractivity contribution is 0.163. The van der Waals surface area contributed by atoms with Gasteiger partial charge in [0.05, 0.1) is 13.2 Å². The molecule has 0 spiro atoms. The van der Waals surface area contributed by atoms with Gasteiger partial charge in [-0.1, -0.05) is 25.1 Å². The van der Waals surface area contributed by atoms with Crippen molar-refractivity contribution in [1.82, 2.24) is 5.32 Å². The zero-order chi connectivity index (χ0) is 12.0. The molecule has 2 N–H and O–H groups in total. The number of aliphatic hydroxyl groups is 1. The van der Waals surface area contributed by atoms with Crippen LogP contribution in [0.25, 0.3) is 0 Å². The average molecular weight is 223 g/mol. The van der Waals surface area contributed by atoms with Crippen molar-refractivity contribution in [3.63, 3.8) is 0 Å². The Morgan fingerprint density at radius 1 is 1.38 bits per heavy atom. The minimum atomic E-state index is -0.280. The third kappa shape index (κ3) is 3.51. The van der Waals surface area contributed by atoms with Gasteiger partial charge in [0.1, 0.15) is 5.75 Å². The molecule has 0 aliphatic heterocycles. The molecule has 0 radical (unpaired) electrons. The van der Waals surface area contributed by atoms with Crippen LogP contribution in [0.1, 0.15) is 31.9 Å². The Bertz CT molecular complexity index is 315. The number of benzene rings is 1. The van der Waals surface area contributed by atoms with Gasteiger partial charge in [0.15, 0.2) is 0 Å². The van der Waals surface area contributed by atoms with Gasteiger partial charge < -0.3 is 15.2 Å². The van der Waals surface area contributed by atoms with Gasteiger partial charge in [-0.25, -0.2) is 0 Å². The van der Waals surface area contributed by atoms with Crippen molar-refractivity contribution in [2.45, 2.75) is 32.4 Å². The lowest BCUT2D eigenvalue weighted by Gasteiger charge is -2.18. The molecule has 0 saturated heterocycles. The Kier molecular flexibility index (Phi) is 5.29. The van der Waals surface area contributed by atoms with Crippen LogP contribution in [0.3, 0.4) is 0 Å². The first-order valence-electron chi connectivity index (χ1n) is 5.73. The molecule has 0 amide bonds. The molecular formula is C13H21NO2. The van der Waals surface area contributed by atoms with E-state index in [1.165, 1.54) is 0 Å². The van der Waals surface area contributed by atoms with Gasteiger partial charge in [0, 0.05) is 18.2 Å². The van der Waals surface area contributed by atoms with E-state index in [1.807, 2.05) is 31.2 Å². The quantitative estimate of drug-likeness (QED) is 0.776. The highest BCUT2D eigenvalue weighted by atomic mass is 16.5. The van der Waals surface area contributed by atoms with E-state index in [-0.39, 0.29) is 12.1 Å². The number of aliphatic hydroxyl groups excluding tert-OH is 1. The van der Waals surface area contributed by atoms with Crippen molar-refractivity contribution in [2.24, 2.45) is 0 Å². The Morgan fingerprint density at radius 2 is 2.06 bits per heavy atom. The van der Waals surface area contributed by atoms with Gasteiger partial charge in [-0.05, 0) is 19.4 Å². The molecule has 0 fully saturated rings. The van der Waals surface area contributed by atoms with E-state index in [2.05, 4.69) is 12.2 Å². The van der Waals surface area contributed by atoms with Crippen LogP contribution < -0.4 is 10.1 Å². The molecule has 0 aliphatic rings. The van der Waals surface area contributed by atoms with E-state index in [1.54, 1.807) is 7.11 Å². The topological polar surface area (TPSA) is 41.5 Å². The van der Waals surface area contributed by atoms with Gasteiger partial charge >= 0.3 is 0 Å². The van der Waals surface area contributed by atoms with Crippen molar-refractivity contribution in [1.29, 1.82) is 0 Å². The minimum absolute atomic E-state index is 0.178. The highest BCUT2D eigenvalue weighted by molar-refractivity contribution is 5.35. The smallest absolute Gasteiger partial charge is 0.123 e. The Balaban J connectivity index is 2.61. The summed E-state index contributed by atoms with van der Waals surface area (Å²) >= 11 is 0. The molecule has 1 aromatic rings. The first-order chi connectivity index (χ1) is 7.69. The van der Waals surface area contributed by atoms with Crippen molar-refractivity contribution < 1.29 is 9.84 Å². The normalized spacial score (nSPS) is 14.5. The van der Waals surface area contributed by atoms with Crippen LogP contribution in [0.2, 0.25) is 0 Å². The second-order valence-electron chi connectivity index (χ2n) is 3.93. The van der Waals surface area contributed by atoms with Gasteiger partial charge in [0.2, 0.25) is 0 Å². The summed E-state index contributed by atoms with van der Waals surface area (Å²) in [5, 5.41) is 12.8. The summed E-state index contributed by atoms with van der Waals surface area (Å²) in [6, 6.07) is 8.11. The van der Waals surface area contributed by atoms with E-state index in [0.29, 0.717) is 6.54 Å². The van der Waals surface area contributed by atoms with Gasteiger partial charge in [-0.2, -0.15) is 0 Å². The van der Waals surface area contributed by atoms with Crippen molar-refractivity contribution >= 4 is 0 Å². The molecule has 0 saturated carbocycles. The van der Waals surface area contributed by atoms with E-state index in [4.69, 9.17) is 4.74 Å². The number of rotatable bonds is 6. The molecule has 1 aromatic carbocycles. The Labute approximate surface area is 97.4 Å². The fourth-order valence-corrected chi connectivity index (χ4v) is 1.59. The number of para-hydroxylation sites is 1.